The van der Waals surface area contributed by atoms with E-state index < -0.39 is 106 Å². The van der Waals surface area contributed by atoms with Gasteiger partial charge in [-0.1, -0.05) is 76.3 Å². The van der Waals surface area contributed by atoms with Crippen LogP contribution in [0.4, 0.5) is 0 Å². The number of nitrogens with zero attached hydrogens (tertiary/aromatic N) is 1. The van der Waals surface area contributed by atoms with Crippen molar-refractivity contribution in [3.8, 4) is 11.5 Å². The SMILES string of the molecule is CO[C@H]1/C=C/O[C@@]2(C)Oc3c(C)c(O)c4c(c3C2=O)C(=O)C(N(C)Cc2ccccc2)=C(NC(=O)/C(C)=C\C=C\[C@H](C)[C@H](O)[C@@H](C)[C@H](O)[C@H](C)[C@H](OC(C)=O)[C@@H]1C)C4=O. The number of aliphatic hydroxyl groups excluding tert-OH is 2. The largest absolute Gasteiger partial charge is 0.507 e. The average Bonchev–Trinajstić information content (AvgIpc) is 3.46. The van der Waals surface area contributed by atoms with E-state index in [0.717, 1.165) is 5.56 Å². The van der Waals surface area contributed by atoms with Crippen molar-refractivity contribution in [3.63, 3.8) is 0 Å². The third kappa shape index (κ3) is 8.61. The first-order valence-corrected chi connectivity index (χ1v) is 19.5. The van der Waals surface area contributed by atoms with Crippen molar-refractivity contribution in [3.05, 3.63) is 106 Å². The quantitative estimate of drug-likeness (QED) is 0.292. The highest BCUT2D eigenvalue weighted by Crippen LogP contribution is 2.49. The van der Waals surface area contributed by atoms with Crippen LogP contribution >= 0.6 is 0 Å². The molecule has 3 aliphatic heterocycles. The van der Waals surface area contributed by atoms with Gasteiger partial charge in [0, 0.05) is 69.4 Å². The summed E-state index contributed by atoms with van der Waals surface area (Å²) < 4.78 is 23.5. The van der Waals surface area contributed by atoms with E-state index in [4.69, 9.17) is 18.9 Å². The van der Waals surface area contributed by atoms with Gasteiger partial charge in [0.25, 0.3) is 11.7 Å². The van der Waals surface area contributed by atoms with Gasteiger partial charge in [-0.3, -0.25) is 24.0 Å². The van der Waals surface area contributed by atoms with Gasteiger partial charge in [0.1, 0.15) is 29.0 Å². The number of phenolic OH excluding ortho intramolecular Hbond substituents is 1. The molecule has 0 saturated heterocycles. The Labute approximate surface area is 344 Å². The van der Waals surface area contributed by atoms with Crippen molar-refractivity contribution in [1.82, 2.24) is 10.2 Å². The van der Waals surface area contributed by atoms with Gasteiger partial charge in [-0.2, -0.15) is 0 Å². The van der Waals surface area contributed by atoms with Crippen molar-refractivity contribution < 1.29 is 58.2 Å². The summed E-state index contributed by atoms with van der Waals surface area (Å²) in [6, 6.07) is 9.10. The molecule has 0 unspecified atom stereocenters. The predicted octanol–water partition coefficient (Wildman–Crippen LogP) is 5.09. The Bertz CT molecular complexity index is 2140. The summed E-state index contributed by atoms with van der Waals surface area (Å²) in [7, 11) is 3.00. The fraction of sp³-hybridized carbons (Fsp3) is 0.444. The van der Waals surface area contributed by atoms with Crippen LogP contribution in [0.25, 0.3) is 0 Å². The third-order valence-corrected chi connectivity index (χ3v) is 11.6. The maximum Gasteiger partial charge on any atom is 0.312 e. The molecule has 2 aromatic carbocycles. The van der Waals surface area contributed by atoms with Crippen LogP contribution in [0.1, 0.15) is 90.7 Å². The van der Waals surface area contributed by atoms with E-state index in [1.165, 1.54) is 58.1 Å². The minimum atomic E-state index is -2.09. The Morgan fingerprint density at radius 2 is 1.58 bits per heavy atom. The number of nitrogens with one attached hydrogen (secondary N) is 1. The number of fused-ring (bicyclic) bond motifs is 14. The van der Waals surface area contributed by atoms with E-state index >= 15 is 0 Å². The summed E-state index contributed by atoms with van der Waals surface area (Å²) in [6.07, 6.45) is 3.41. The number of aliphatic hydroxyl groups is 2. The maximum atomic E-state index is 14.8. The van der Waals surface area contributed by atoms with Crippen molar-refractivity contribution in [2.24, 2.45) is 23.7 Å². The van der Waals surface area contributed by atoms with Gasteiger partial charge in [0.05, 0.1) is 41.3 Å². The van der Waals surface area contributed by atoms with E-state index in [-0.39, 0.29) is 34.7 Å². The number of hydrogen-bond donors (Lipinski definition) is 4. The molecule has 6 rings (SSSR count). The minimum absolute atomic E-state index is 0.00579. The van der Waals surface area contributed by atoms with Crippen LogP contribution in [0.5, 0.6) is 11.5 Å². The van der Waals surface area contributed by atoms with Crippen LogP contribution in [-0.2, 0) is 30.3 Å². The van der Waals surface area contributed by atoms with Crippen molar-refractivity contribution in [2.75, 3.05) is 14.2 Å². The first-order valence-electron chi connectivity index (χ1n) is 19.5. The Balaban J connectivity index is 1.68. The second-order valence-electron chi connectivity index (χ2n) is 15.9. The molecule has 0 fully saturated rings. The van der Waals surface area contributed by atoms with Crippen LogP contribution < -0.4 is 10.1 Å². The summed E-state index contributed by atoms with van der Waals surface area (Å²) in [5.74, 6) is -9.23. The minimum Gasteiger partial charge on any atom is -0.507 e. The number of likely N-dealkylation sites (N-methyl/N-ethyl adjacent to an activating group) is 1. The Morgan fingerprint density at radius 3 is 2.20 bits per heavy atom. The smallest absolute Gasteiger partial charge is 0.312 e. The van der Waals surface area contributed by atoms with Gasteiger partial charge in [0.2, 0.25) is 11.6 Å². The number of Topliss-reactive ketones (excluding diaryl/α,β-unsaturated/α-hetero) is 3. The molecule has 1 aliphatic carbocycles. The fourth-order valence-corrected chi connectivity index (χ4v) is 7.98. The monoisotopic (exact) mass is 814 g/mol. The lowest BCUT2D eigenvalue weighted by molar-refractivity contribution is -0.160. The molecular formula is C45H54N2O12. The van der Waals surface area contributed by atoms with Crippen LogP contribution in [-0.4, -0.2) is 93.8 Å². The zero-order valence-electron chi connectivity index (χ0n) is 35.1. The summed E-state index contributed by atoms with van der Waals surface area (Å²) in [5.41, 5.74) is -0.842. The number of carbonyl (C=O) groups is 5. The fourth-order valence-electron chi connectivity index (χ4n) is 7.98. The molecule has 0 spiro atoms. The molecule has 59 heavy (non-hydrogen) atoms. The number of aromatic hydroxyl groups is 1. The summed E-state index contributed by atoms with van der Waals surface area (Å²) >= 11 is 0. The molecule has 3 heterocycles. The second-order valence-corrected chi connectivity index (χ2v) is 15.9. The van der Waals surface area contributed by atoms with Crippen LogP contribution in [0, 0.1) is 30.6 Å². The standard InChI is InChI=1S/C45H54N2O12/c1-22-15-14-16-23(2)44(55)46-34-35(47(9)21-29-17-12-11-13-18-29)40(53)31-32(39(34)52)38(51)27(6)42-33(31)43(54)45(8,59-42)57-20-19-30(56-10)24(3)41(58-28(7)48)26(5)37(50)25(4)36(22)49/h11-20,22,24-26,30,36-37,41,49-51H,21H2,1-10H3,(H,46,55)/b15-14+,20-19+,23-16-/t22-,24+,25+,26-,30-,36-,37-,41+,45-/m0/s1. The number of esters is 1. The van der Waals surface area contributed by atoms with E-state index in [9.17, 15) is 39.3 Å². The molecular weight excluding hydrogens is 760 g/mol. The predicted molar refractivity (Wildman–Crippen MR) is 216 cm³/mol. The molecule has 1 amide bonds. The van der Waals surface area contributed by atoms with E-state index in [1.54, 1.807) is 46.9 Å². The number of phenols is 1. The number of benzene rings is 2. The average molecular weight is 815 g/mol. The highest BCUT2D eigenvalue weighted by atomic mass is 16.7. The topological polar surface area (TPSA) is 198 Å². The molecule has 14 heteroatoms. The number of amides is 1. The number of ketones is 3. The number of methoxy groups -OCH3 is 1. The highest BCUT2D eigenvalue weighted by Gasteiger charge is 2.53. The number of hydrogen-bond acceptors (Lipinski definition) is 13. The van der Waals surface area contributed by atoms with Gasteiger partial charge in [-0.15, -0.1) is 0 Å². The molecule has 0 saturated carbocycles. The Morgan fingerprint density at radius 1 is 0.915 bits per heavy atom. The van der Waals surface area contributed by atoms with Gasteiger partial charge >= 0.3 is 11.8 Å². The summed E-state index contributed by atoms with van der Waals surface area (Å²) in [4.78, 5) is 71.4. The molecule has 0 aromatic heterocycles. The molecule has 316 valence electrons. The first-order chi connectivity index (χ1) is 27.7. The molecule has 5 bridgehead atoms. The highest BCUT2D eigenvalue weighted by molar-refractivity contribution is 6.32. The zero-order valence-corrected chi connectivity index (χ0v) is 35.1. The molecule has 4 N–H and O–H groups in total. The first kappa shape index (κ1) is 44.5. The normalized spacial score (nSPS) is 31.1. The van der Waals surface area contributed by atoms with Crippen molar-refractivity contribution in [1.29, 1.82) is 0 Å². The van der Waals surface area contributed by atoms with E-state index in [0.29, 0.717) is 0 Å². The van der Waals surface area contributed by atoms with Crippen LogP contribution in [0.15, 0.2) is 77.9 Å². The second kappa shape index (κ2) is 17.7. The molecule has 0 radical (unpaired) electrons. The van der Waals surface area contributed by atoms with Crippen LogP contribution in [0.2, 0.25) is 0 Å². The third-order valence-electron chi connectivity index (χ3n) is 11.6. The Hall–Kier alpha value is -5.57. The zero-order chi connectivity index (χ0) is 43.7. The van der Waals surface area contributed by atoms with Gasteiger partial charge in [0.15, 0.2) is 0 Å². The molecule has 9 atom stereocenters. The van der Waals surface area contributed by atoms with Crippen molar-refractivity contribution in [2.45, 2.75) is 92.1 Å². The maximum absolute atomic E-state index is 14.8. The van der Waals surface area contributed by atoms with E-state index in [2.05, 4.69) is 5.32 Å². The number of carbonyl (C=O) groups excluding carboxylic acids is 5. The molecule has 14 nitrogen and oxygen atoms in total. The molecule has 2 aromatic rings. The lowest BCUT2D eigenvalue weighted by Crippen LogP contribution is -2.46. The van der Waals surface area contributed by atoms with E-state index in [1.807, 2.05) is 30.3 Å². The number of allylic oxidation sites excluding steroid dienone is 4. The van der Waals surface area contributed by atoms with Crippen molar-refractivity contribution >= 4 is 29.2 Å². The summed E-state index contributed by atoms with van der Waals surface area (Å²) in [6.45, 7) is 12.5. The van der Waals surface area contributed by atoms with Gasteiger partial charge in [-0.25, -0.2) is 0 Å². The lowest BCUT2D eigenvalue weighted by atomic mass is 9.78. The Kier molecular flexibility index (Phi) is 13.4. The number of ether oxygens (including phenoxy) is 4. The van der Waals surface area contributed by atoms with Crippen LogP contribution in [0.3, 0.4) is 0 Å². The lowest BCUT2D eigenvalue weighted by Gasteiger charge is -2.38. The molecule has 4 aliphatic rings. The van der Waals surface area contributed by atoms with Gasteiger partial charge < -0.3 is 44.5 Å². The van der Waals surface area contributed by atoms with Gasteiger partial charge in [-0.05, 0) is 25.5 Å². The summed E-state index contributed by atoms with van der Waals surface area (Å²) in [5, 5.41) is 37.0. The number of rotatable bonds is 5.